The van der Waals surface area contributed by atoms with Crippen LogP contribution in [0, 0.1) is 0 Å². The van der Waals surface area contributed by atoms with E-state index < -0.39 is 36.4 Å². The molecular weight excluding hydrogens is 298 g/mol. The molecular formula is C13H16ClN3O4. The van der Waals surface area contributed by atoms with E-state index in [0.29, 0.717) is 10.6 Å². The molecule has 0 saturated heterocycles. The number of carboxylic acid groups (broad SMARTS) is 1. The van der Waals surface area contributed by atoms with Gasteiger partial charge in [0.1, 0.15) is 6.04 Å². The monoisotopic (exact) mass is 313 g/mol. The van der Waals surface area contributed by atoms with Crippen LogP contribution in [0.5, 0.6) is 0 Å². The van der Waals surface area contributed by atoms with Gasteiger partial charge in [0.2, 0.25) is 5.91 Å². The van der Waals surface area contributed by atoms with E-state index in [4.69, 9.17) is 22.4 Å². The maximum Gasteiger partial charge on any atom is 0.326 e. The van der Waals surface area contributed by atoms with Gasteiger partial charge >= 0.3 is 12.0 Å². The van der Waals surface area contributed by atoms with Crippen molar-refractivity contribution in [1.29, 1.82) is 0 Å². The number of primary amides is 1. The zero-order valence-corrected chi connectivity index (χ0v) is 12.1. The van der Waals surface area contributed by atoms with Gasteiger partial charge in [0, 0.05) is 5.02 Å². The number of hydrogen-bond acceptors (Lipinski definition) is 3. The Kier molecular flexibility index (Phi) is 5.98. The Hall–Kier alpha value is -2.28. The number of benzene rings is 1. The van der Waals surface area contributed by atoms with Gasteiger partial charge in [-0.25, -0.2) is 9.59 Å². The fourth-order valence-corrected chi connectivity index (χ4v) is 2.00. The van der Waals surface area contributed by atoms with Gasteiger partial charge in [-0.2, -0.15) is 0 Å². The SMILES string of the molecule is CC(NC(=O)N[C@H](CC(N)=O)C(=O)O)c1ccccc1Cl. The van der Waals surface area contributed by atoms with Crippen LogP contribution >= 0.6 is 11.6 Å². The second-order valence-electron chi connectivity index (χ2n) is 4.42. The first-order chi connectivity index (χ1) is 9.81. The molecule has 8 heteroatoms. The predicted octanol–water partition coefficient (Wildman–Crippen LogP) is 1.03. The van der Waals surface area contributed by atoms with Crippen molar-refractivity contribution in [1.82, 2.24) is 10.6 Å². The lowest BCUT2D eigenvalue weighted by atomic mass is 10.1. The van der Waals surface area contributed by atoms with E-state index in [1.54, 1.807) is 31.2 Å². The van der Waals surface area contributed by atoms with Gasteiger partial charge in [0.05, 0.1) is 12.5 Å². The molecule has 3 amide bonds. The molecule has 0 fully saturated rings. The summed E-state index contributed by atoms with van der Waals surface area (Å²) in [4.78, 5) is 33.4. The molecule has 0 saturated carbocycles. The van der Waals surface area contributed by atoms with E-state index in [0.717, 1.165) is 0 Å². The predicted molar refractivity (Wildman–Crippen MR) is 76.8 cm³/mol. The zero-order chi connectivity index (χ0) is 16.0. The Morgan fingerprint density at radius 3 is 2.43 bits per heavy atom. The van der Waals surface area contributed by atoms with Crippen molar-refractivity contribution in [3.05, 3.63) is 34.9 Å². The number of carbonyl (C=O) groups is 3. The van der Waals surface area contributed by atoms with E-state index in [2.05, 4.69) is 10.6 Å². The molecule has 7 nitrogen and oxygen atoms in total. The number of rotatable bonds is 6. The van der Waals surface area contributed by atoms with Gasteiger partial charge in [-0.3, -0.25) is 4.79 Å². The van der Waals surface area contributed by atoms with Crippen molar-refractivity contribution in [2.24, 2.45) is 5.73 Å². The highest BCUT2D eigenvalue weighted by Gasteiger charge is 2.23. The number of carboxylic acids is 1. The fourth-order valence-electron chi connectivity index (χ4n) is 1.70. The fraction of sp³-hybridized carbons (Fsp3) is 0.308. The number of aliphatic carboxylic acids is 1. The normalized spacial score (nSPS) is 13.0. The number of nitrogens with one attached hydrogen (secondary N) is 2. The minimum Gasteiger partial charge on any atom is -0.480 e. The van der Waals surface area contributed by atoms with E-state index in [1.165, 1.54) is 0 Å². The average Bonchev–Trinajstić information content (AvgIpc) is 2.37. The van der Waals surface area contributed by atoms with Crippen LogP contribution in [0.1, 0.15) is 24.9 Å². The van der Waals surface area contributed by atoms with E-state index in [-0.39, 0.29) is 0 Å². The maximum atomic E-state index is 11.8. The molecule has 0 aliphatic rings. The average molecular weight is 314 g/mol. The molecule has 1 rings (SSSR count). The lowest BCUT2D eigenvalue weighted by Gasteiger charge is -2.18. The van der Waals surface area contributed by atoms with Crippen molar-refractivity contribution in [2.45, 2.75) is 25.4 Å². The van der Waals surface area contributed by atoms with Crippen molar-refractivity contribution < 1.29 is 19.5 Å². The third kappa shape index (κ3) is 5.31. The van der Waals surface area contributed by atoms with Crippen LogP contribution in [0.2, 0.25) is 5.02 Å². The summed E-state index contributed by atoms with van der Waals surface area (Å²) in [6.45, 7) is 1.70. The smallest absolute Gasteiger partial charge is 0.326 e. The number of amides is 3. The summed E-state index contributed by atoms with van der Waals surface area (Å²) in [5.41, 5.74) is 5.62. The van der Waals surface area contributed by atoms with E-state index >= 15 is 0 Å². The summed E-state index contributed by atoms with van der Waals surface area (Å²) in [5.74, 6) is -2.16. The first kappa shape index (κ1) is 16.8. The van der Waals surface area contributed by atoms with E-state index in [1.807, 2.05) is 0 Å². The molecule has 0 aromatic heterocycles. The Balaban J connectivity index is 2.66. The molecule has 0 spiro atoms. The Morgan fingerprint density at radius 1 is 1.29 bits per heavy atom. The second-order valence-corrected chi connectivity index (χ2v) is 4.83. The summed E-state index contributed by atoms with van der Waals surface area (Å²) in [6.07, 6.45) is -0.483. The van der Waals surface area contributed by atoms with Crippen LogP contribution in [0.15, 0.2) is 24.3 Å². The Bertz CT molecular complexity index is 550. The van der Waals surface area contributed by atoms with Crippen molar-refractivity contribution in [3.8, 4) is 0 Å². The van der Waals surface area contributed by atoms with Crippen molar-refractivity contribution in [3.63, 3.8) is 0 Å². The van der Waals surface area contributed by atoms with Crippen LogP contribution in [-0.2, 0) is 9.59 Å². The van der Waals surface area contributed by atoms with Gasteiger partial charge < -0.3 is 21.5 Å². The molecule has 1 aromatic carbocycles. The van der Waals surface area contributed by atoms with E-state index in [9.17, 15) is 14.4 Å². The quantitative estimate of drug-likeness (QED) is 0.626. The van der Waals surface area contributed by atoms with Crippen LogP contribution in [0.3, 0.4) is 0 Å². The summed E-state index contributed by atoms with van der Waals surface area (Å²) in [7, 11) is 0. The zero-order valence-electron chi connectivity index (χ0n) is 11.3. The van der Waals surface area contributed by atoms with Gasteiger partial charge in [-0.1, -0.05) is 29.8 Å². The lowest BCUT2D eigenvalue weighted by molar-refractivity contribution is -0.140. The first-order valence-corrected chi connectivity index (χ1v) is 6.51. The molecule has 5 N–H and O–H groups in total. The topological polar surface area (TPSA) is 122 Å². The highest BCUT2D eigenvalue weighted by atomic mass is 35.5. The summed E-state index contributed by atoms with van der Waals surface area (Å²) in [6, 6.07) is 4.42. The number of halogens is 1. The molecule has 2 atom stereocenters. The van der Waals surface area contributed by atoms with Crippen LogP contribution in [0.4, 0.5) is 4.79 Å². The minimum absolute atomic E-state index is 0.429. The van der Waals surface area contributed by atoms with Crippen LogP contribution < -0.4 is 16.4 Å². The van der Waals surface area contributed by atoms with Gasteiger partial charge in [0.25, 0.3) is 0 Å². The Labute approximate surface area is 126 Å². The molecule has 0 bridgehead atoms. The first-order valence-electron chi connectivity index (χ1n) is 6.13. The molecule has 0 aliphatic carbocycles. The third-order valence-corrected chi connectivity index (χ3v) is 3.07. The third-order valence-electron chi connectivity index (χ3n) is 2.73. The number of nitrogens with two attached hydrogens (primary N) is 1. The van der Waals surface area contributed by atoms with Crippen LogP contribution in [-0.4, -0.2) is 29.1 Å². The number of hydrogen-bond donors (Lipinski definition) is 4. The minimum atomic E-state index is -1.37. The second kappa shape index (κ2) is 7.49. The number of carbonyl (C=O) groups excluding carboxylic acids is 2. The van der Waals surface area contributed by atoms with Gasteiger partial charge in [-0.05, 0) is 18.6 Å². The van der Waals surface area contributed by atoms with Crippen molar-refractivity contribution >= 4 is 29.5 Å². The molecule has 0 radical (unpaired) electrons. The van der Waals surface area contributed by atoms with Gasteiger partial charge in [0.15, 0.2) is 0 Å². The largest absolute Gasteiger partial charge is 0.480 e. The highest BCUT2D eigenvalue weighted by molar-refractivity contribution is 6.31. The molecule has 0 aliphatic heterocycles. The summed E-state index contributed by atoms with van der Waals surface area (Å²) >= 11 is 6.00. The molecule has 1 aromatic rings. The summed E-state index contributed by atoms with van der Waals surface area (Å²) in [5, 5.41) is 14.1. The number of urea groups is 1. The molecule has 0 heterocycles. The van der Waals surface area contributed by atoms with Gasteiger partial charge in [-0.15, -0.1) is 0 Å². The molecule has 114 valence electrons. The van der Waals surface area contributed by atoms with Crippen molar-refractivity contribution in [2.75, 3.05) is 0 Å². The molecule has 1 unspecified atom stereocenters. The highest BCUT2D eigenvalue weighted by Crippen LogP contribution is 2.21. The molecule has 21 heavy (non-hydrogen) atoms. The van der Waals surface area contributed by atoms with Crippen LogP contribution in [0.25, 0.3) is 0 Å². The summed E-state index contributed by atoms with van der Waals surface area (Å²) < 4.78 is 0. The Morgan fingerprint density at radius 2 is 1.90 bits per heavy atom. The maximum absolute atomic E-state index is 11.8. The lowest BCUT2D eigenvalue weighted by Crippen LogP contribution is -2.48. The standard InChI is InChI=1S/C13H16ClN3O4/c1-7(8-4-2-3-5-9(8)14)16-13(21)17-10(12(19)20)6-11(15)18/h2-5,7,10H,6H2,1H3,(H2,15,18)(H,19,20)(H2,16,17,21)/t7?,10-/m1/s1.